The highest BCUT2D eigenvalue weighted by molar-refractivity contribution is 5.95. The molecule has 1 aromatic carbocycles. The Balaban J connectivity index is 2.23. The Morgan fingerprint density at radius 2 is 2.24 bits per heavy atom. The lowest BCUT2D eigenvalue weighted by Gasteiger charge is -2.19. The molecule has 0 bridgehead atoms. The quantitative estimate of drug-likeness (QED) is 0.720. The molecule has 0 atom stereocenters. The van der Waals surface area contributed by atoms with Gasteiger partial charge in [-0.25, -0.2) is 4.39 Å². The van der Waals surface area contributed by atoms with Crippen molar-refractivity contribution in [1.82, 2.24) is 10.2 Å². The van der Waals surface area contributed by atoms with E-state index in [4.69, 9.17) is 5.73 Å². The van der Waals surface area contributed by atoms with Crippen LogP contribution in [0.3, 0.4) is 0 Å². The molecule has 21 heavy (non-hydrogen) atoms. The molecular weight excluding hydrogens is 273 g/mol. The van der Waals surface area contributed by atoms with E-state index in [0.717, 1.165) is 0 Å². The number of halogens is 1. The molecule has 0 unspecified atom stereocenters. The lowest BCUT2D eigenvalue weighted by atomic mass is 10.1. The van der Waals surface area contributed by atoms with Crippen molar-refractivity contribution in [2.24, 2.45) is 5.73 Å². The van der Waals surface area contributed by atoms with Crippen LogP contribution in [-0.4, -0.2) is 42.9 Å². The van der Waals surface area contributed by atoms with Gasteiger partial charge in [-0.2, -0.15) is 0 Å². The maximum absolute atomic E-state index is 13.9. The van der Waals surface area contributed by atoms with Gasteiger partial charge in [-0.15, -0.1) is 0 Å². The van der Waals surface area contributed by atoms with Crippen LogP contribution in [0.4, 0.5) is 4.39 Å². The average Bonchev–Trinajstić information content (AvgIpc) is 2.70. The van der Waals surface area contributed by atoms with Crippen LogP contribution in [0.15, 0.2) is 18.2 Å². The molecule has 1 aliphatic rings. The summed E-state index contributed by atoms with van der Waals surface area (Å²) < 4.78 is 13.9. The second-order valence-corrected chi connectivity index (χ2v) is 4.59. The zero-order valence-electron chi connectivity index (χ0n) is 11.5. The van der Waals surface area contributed by atoms with Crippen LogP contribution in [0.5, 0.6) is 0 Å². The zero-order valence-corrected chi connectivity index (χ0v) is 11.5. The fourth-order valence-corrected chi connectivity index (χ4v) is 2.06. The van der Waals surface area contributed by atoms with Crippen LogP contribution in [0, 0.1) is 17.7 Å². The first-order valence-electron chi connectivity index (χ1n) is 6.66. The molecule has 0 radical (unpaired) electrons. The van der Waals surface area contributed by atoms with Crippen LogP contribution in [-0.2, 0) is 4.79 Å². The second-order valence-electron chi connectivity index (χ2n) is 4.59. The third-order valence-corrected chi connectivity index (χ3v) is 3.13. The number of benzene rings is 1. The third-order valence-electron chi connectivity index (χ3n) is 3.13. The van der Waals surface area contributed by atoms with Crippen molar-refractivity contribution < 1.29 is 14.0 Å². The van der Waals surface area contributed by atoms with E-state index in [1.807, 2.05) is 0 Å². The summed E-state index contributed by atoms with van der Waals surface area (Å²) in [5, 5.41) is 2.67. The molecule has 6 heteroatoms. The van der Waals surface area contributed by atoms with E-state index >= 15 is 0 Å². The van der Waals surface area contributed by atoms with Gasteiger partial charge >= 0.3 is 0 Å². The maximum atomic E-state index is 13.9. The standard InChI is InChI=1S/C15H16FN3O2/c16-13-4-3-11(2-1-6-17)10-12(13)15(21)19-8-5-14(20)18-7-9-19/h3-4,10H,5-9,17H2,(H,18,20). The molecule has 110 valence electrons. The van der Waals surface area contributed by atoms with Gasteiger partial charge in [0.2, 0.25) is 5.91 Å². The van der Waals surface area contributed by atoms with Gasteiger partial charge in [-0.3, -0.25) is 9.59 Å². The Morgan fingerprint density at radius 3 is 3.00 bits per heavy atom. The minimum atomic E-state index is -0.596. The molecule has 0 aromatic heterocycles. The first kappa shape index (κ1) is 15.0. The predicted octanol–water partition coefficient (Wildman–Crippen LogP) is 0.0980. The van der Waals surface area contributed by atoms with E-state index in [-0.39, 0.29) is 31.0 Å². The summed E-state index contributed by atoms with van der Waals surface area (Å²) in [6.45, 7) is 1.21. The van der Waals surface area contributed by atoms with Crippen LogP contribution in [0.1, 0.15) is 22.3 Å². The first-order chi connectivity index (χ1) is 10.1. The summed E-state index contributed by atoms with van der Waals surface area (Å²) in [6, 6.07) is 4.14. The van der Waals surface area contributed by atoms with Gasteiger partial charge in [0, 0.05) is 31.6 Å². The number of nitrogens with two attached hydrogens (primary N) is 1. The molecule has 0 saturated carbocycles. The van der Waals surface area contributed by atoms with Gasteiger partial charge in [-0.05, 0) is 18.2 Å². The lowest BCUT2D eigenvalue weighted by molar-refractivity contribution is -0.120. The predicted molar refractivity (Wildman–Crippen MR) is 75.9 cm³/mol. The van der Waals surface area contributed by atoms with Gasteiger partial charge in [0.15, 0.2) is 0 Å². The Bertz CT molecular complexity index is 619. The van der Waals surface area contributed by atoms with Crippen LogP contribution < -0.4 is 11.1 Å². The zero-order chi connectivity index (χ0) is 15.2. The molecule has 2 rings (SSSR count). The molecule has 1 aromatic rings. The number of carbonyl (C=O) groups is 2. The molecular formula is C15H16FN3O2. The maximum Gasteiger partial charge on any atom is 0.256 e. The highest BCUT2D eigenvalue weighted by Crippen LogP contribution is 2.14. The largest absolute Gasteiger partial charge is 0.354 e. The van der Waals surface area contributed by atoms with E-state index in [9.17, 15) is 14.0 Å². The van der Waals surface area contributed by atoms with Crippen LogP contribution in [0.25, 0.3) is 0 Å². The Kier molecular flexibility index (Phi) is 4.90. The van der Waals surface area contributed by atoms with Crippen molar-refractivity contribution in [2.45, 2.75) is 6.42 Å². The van der Waals surface area contributed by atoms with E-state index in [2.05, 4.69) is 17.2 Å². The van der Waals surface area contributed by atoms with Gasteiger partial charge in [0.05, 0.1) is 12.1 Å². The topological polar surface area (TPSA) is 75.4 Å². The van der Waals surface area contributed by atoms with E-state index in [0.29, 0.717) is 18.7 Å². The highest BCUT2D eigenvalue weighted by Gasteiger charge is 2.22. The van der Waals surface area contributed by atoms with Gasteiger partial charge in [-0.1, -0.05) is 11.8 Å². The molecule has 3 N–H and O–H groups in total. The number of hydrogen-bond donors (Lipinski definition) is 2. The molecule has 1 heterocycles. The van der Waals surface area contributed by atoms with Gasteiger partial charge in [0.25, 0.3) is 5.91 Å². The van der Waals surface area contributed by atoms with Gasteiger partial charge < -0.3 is 16.0 Å². The van der Waals surface area contributed by atoms with Crippen molar-refractivity contribution in [1.29, 1.82) is 0 Å². The molecule has 1 fully saturated rings. The summed E-state index contributed by atoms with van der Waals surface area (Å²) in [7, 11) is 0. The molecule has 1 aliphatic heterocycles. The summed E-state index contributed by atoms with van der Waals surface area (Å²) in [6.07, 6.45) is 0.222. The molecule has 0 spiro atoms. The molecule has 2 amide bonds. The fraction of sp³-hybridized carbons (Fsp3) is 0.333. The van der Waals surface area contributed by atoms with E-state index < -0.39 is 11.7 Å². The normalized spacial score (nSPS) is 14.8. The average molecular weight is 289 g/mol. The Morgan fingerprint density at radius 1 is 1.43 bits per heavy atom. The van der Waals surface area contributed by atoms with Gasteiger partial charge in [0.1, 0.15) is 5.82 Å². The molecule has 1 saturated heterocycles. The third kappa shape index (κ3) is 3.80. The van der Waals surface area contributed by atoms with Crippen molar-refractivity contribution in [2.75, 3.05) is 26.2 Å². The number of nitrogens with zero attached hydrogens (tertiary/aromatic N) is 1. The smallest absolute Gasteiger partial charge is 0.256 e. The molecule has 0 aliphatic carbocycles. The minimum absolute atomic E-state index is 0.0341. The van der Waals surface area contributed by atoms with Crippen molar-refractivity contribution >= 4 is 11.8 Å². The summed E-state index contributed by atoms with van der Waals surface area (Å²) in [4.78, 5) is 25.1. The number of rotatable bonds is 1. The summed E-state index contributed by atoms with van der Waals surface area (Å²) >= 11 is 0. The first-order valence-corrected chi connectivity index (χ1v) is 6.66. The summed E-state index contributed by atoms with van der Waals surface area (Å²) in [5.74, 6) is 4.30. The number of amides is 2. The van der Waals surface area contributed by atoms with Crippen LogP contribution >= 0.6 is 0 Å². The van der Waals surface area contributed by atoms with Crippen LogP contribution in [0.2, 0.25) is 0 Å². The Labute approximate surface area is 122 Å². The van der Waals surface area contributed by atoms with Crippen molar-refractivity contribution in [3.05, 3.63) is 35.1 Å². The SMILES string of the molecule is NCC#Cc1ccc(F)c(C(=O)N2CCNC(=O)CC2)c1. The summed E-state index contributed by atoms with van der Waals surface area (Å²) in [5.41, 5.74) is 5.79. The van der Waals surface area contributed by atoms with Crippen molar-refractivity contribution in [3.8, 4) is 11.8 Å². The monoisotopic (exact) mass is 289 g/mol. The lowest BCUT2D eigenvalue weighted by Crippen LogP contribution is -2.34. The number of nitrogens with one attached hydrogen (secondary N) is 1. The van der Waals surface area contributed by atoms with E-state index in [1.54, 1.807) is 0 Å². The van der Waals surface area contributed by atoms with Crippen molar-refractivity contribution in [3.63, 3.8) is 0 Å². The highest BCUT2D eigenvalue weighted by atomic mass is 19.1. The minimum Gasteiger partial charge on any atom is -0.354 e. The molecule has 5 nitrogen and oxygen atoms in total. The van der Waals surface area contributed by atoms with E-state index in [1.165, 1.54) is 23.1 Å². The number of hydrogen-bond acceptors (Lipinski definition) is 3. The Hall–Kier alpha value is -2.39. The fourth-order valence-electron chi connectivity index (χ4n) is 2.06. The number of carbonyl (C=O) groups excluding carboxylic acids is 2. The second kappa shape index (κ2) is 6.86.